The van der Waals surface area contributed by atoms with Crippen LogP contribution in [-0.4, -0.2) is 48.5 Å². The number of carboxylic acid groups (broad SMARTS) is 1. The van der Waals surface area contributed by atoms with E-state index in [0.717, 1.165) is 5.75 Å². The molecule has 0 saturated carbocycles. The van der Waals surface area contributed by atoms with E-state index in [9.17, 15) is 13.2 Å². The Morgan fingerprint density at radius 3 is 2.44 bits per heavy atom. The zero-order valence-corrected chi connectivity index (χ0v) is 11.2. The molecule has 0 amide bonds. The van der Waals surface area contributed by atoms with E-state index in [1.54, 1.807) is 0 Å². The second-order valence-corrected chi connectivity index (χ2v) is 7.55. The molecule has 1 unspecified atom stereocenters. The Labute approximate surface area is 101 Å². The Balaban J connectivity index is 3.59. The van der Waals surface area contributed by atoms with E-state index in [2.05, 4.69) is 0 Å². The molecule has 0 aromatic carbocycles. The van der Waals surface area contributed by atoms with Crippen LogP contribution in [0.15, 0.2) is 0 Å². The van der Waals surface area contributed by atoms with Crippen LogP contribution in [-0.2, 0) is 14.6 Å². The molecule has 0 aliphatic heterocycles. The molecule has 0 radical (unpaired) electrons. The molecular weight excluding hydrogens is 250 g/mol. The van der Waals surface area contributed by atoms with Crippen LogP contribution in [0.25, 0.3) is 0 Å². The predicted octanol–water partition coefficient (Wildman–Crippen LogP) is 0.346. The molecule has 3 N–H and O–H groups in total. The largest absolute Gasteiger partial charge is 0.480 e. The average molecular weight is 269 g/mol. The highest BCUT2D eigenvalue weighted by atomic mass is 32.2. The fraction of sp³-hybridized carbons (Fsp3) is 0.889. The number of hydrogen-bond donors (Lipinski definition) is 2. The fourth-order valence-corrected chi connectivity index (χ4v) is 3.20. The molecule has 0 aliphatic carbocycles. The van der Waals surface area contributed by atoms with E-state index in [1.165, 1.54) is 24.9 Å². The second kappa shape index (κ2) is 6.46. The van der Waals surface area contributed by atoms with Gasteiger partial charge >= 0.3 is 5.97 Å². The zero-order valence-electron chi connectivity index (χ0n) is 9.60. The van der Waals surface area contributed by atoms with Crippen molar-refractivity contribution in [3.63, 3.8) is 0 Å². The summed E-state index contributed by atoms with van der Waals surface area (Å²) in [5, 5.41) is 8.74. The first-order valence-electron chi connectivity index (χ1n) is 4.93. The summed E-state index contributed by atoms with van der Waals surface area (Å²) in [5.41, 5.74) is 4.36. The number of carbonyl (C=O) groups is 1. The van der Waals surface area contributed by atoms with Gasteiger partial charge < -0.3 is 10.8 Å². The monoisotopic (exact) mass is 269 g/mol. The smallest absolute Gasteiger partial charge is 0.323 e. The number of thioether (sulfide) groups is 1. The van der Waals surface area contributed by atoms with Crippen molar-refractivity contribution in [3.8, 4) is 0 Å². The number of rotatable bonds is 8. The van der Waals surface area contributed by atoms with Crippen molar-refractivity contribution in [3.05, 3.63) is 0 Å². The lowest BCUT2D eigenvalue weighted by atomic mass is 9.98. The van der Waals surface area contributed by atoms with Crippen molar-refractivity contribution in [1.82, 2.24) is 0 Å². The predicted molar refractivity (Wildman–Crippen MR) is 66.5 cm³/mol. The highest BCUT2D eigenvalue weighted by molar-refractivity contribution is 8.00. The van der Waals surface area contributed by atoms with E-state index in [-0.39, 0.29) is 5.75 Å². The van der Waals surface area contributed by atoms with Crippen molar-refractivity contribution < 1.29 is 18.3 Å². The molecule has 0 aromatic heterocycles. The third kappa shape index (κ3) is 7.95. The molecule has 0 saturated heterocycles. The molecule has 0 aliphatic rings. The molecule has 0 fully saturated rings. The van der Waals surface area contributed by atoms with E-state index in [1.807, 2.05) is 0 Å². The van der Waals surface area contributed by atoms with E-state index in [4.69, 9.17) is 10.8 Å². The molecule has 1 atom stereocenters. The van der Waals surface area contributed by atoms with Crippen LogP contribution < -0.4 is 5.73 Å². The second-order valence-electron chi connectivity index (χ2n) is 4.07. The Morgan fingerprint density at radius 1 is 1.44 bits per heavy atom. The van der Waals surface area contributed by atoms with Gasteiger partial charge in [0.15, 0.2) is 0 Å². The molecule has 16 heavy (non-hydrogen) atoms. The molecule has 5 nitrogen and oxygen atoms in total. The third-order valence-electron chi connectivity index (χ3n) is 2.07. The van der Waals surface area contributed by atoms with E-state index >= 15 is 0 Å². The summed E-state index contributed by atoms with van der Waals surface area (Å²) in [6, 6.07) is 0. The molecule has 7 heteroatoms. The number of nitrogens with two attached hydrogens (primary N) is 1. The molecular formula is C9H19NO4S2. The highest BCUT2D eigenvalue weighted by Crippen LogP contribution is 2.12. The minimum atomic E-state index is -2.89. The fourth-order valence-electron chi connectivity index (χ4n) is 0.961. The van der Waals surface area contributed by atoms with Crippen molar-refractivity contribution in [2.75, 3.05) is 23.5 Å². The topological polar surface area (TPSA) is 97.5 Å². The van der Waals surface area contributed by atoms with Crippen LogP contribution >= 0.6 is 11.8 Å². The lowest BCUT2D eigenvalue weighted by Crippen LogP contribution is -2.44. The van der Waals surface area contributed by atoms with Gasteiger partial charge in [-0.15, -0.1) is 0 Å². The van der Waals surface area contributed by atoms with Crippen LogP contribution in [0.5, 0.6) is 0 Å². The maximum atomic E-state index is 10.8. The van der Waals surface area contributed by atoms with Gasteiger partial charge in [0, 0.05) is 12.0 Å². The van der Waals surface area contributed by atoms with Gasteiger partial charge in [0.05, 0.1) is 5.75 Å². The highest BCUT2D eigenvalue weighted by Gasteiger charge is 2.26. The van der Waals surface area contributed by atoms with Crippen molar-refractivity contribution >= 4 is 27.6 Å². The lowest BCUT2D eigenvalue weighted by Gasteiger charge is -2.18. The van der Waals surface area contributed by atoms with Crippen LogP contribution in [0.1, 0.15) is 19.8 Å². The SMILES string of the molecule is CC(N)(CCCSCCS(C)(=O)=O)C(=O)O. The number of carboxylic acids is 1. The maximum Gasteiger partial charge on any atom is 0.323 e. The van der Waals surface area contributed by atoms with Crippen LogP contribution in [0.3, 0.4) is 0 Å². The van der Waals surface area contributed by atoms with Crippen LogP contribution in [0.2, 0.25) is 0 Å². The Morgan fingerprint density at radius 2 is 2.00 bits per heavy atom. The minimum Gasteiger partial charge on any atom is -0.480 e. The molecule has 96 valence electrons. The molecule has 0 rings (SSSR count). The van der Waals surface area contributed by atoms with Gasteiger partial charge in [0.1, 0.15) is 15.4 Å². The summed E-state index contributed by atoms with van der Waals surface area (Å²) in [7, 11) is -2.89. The quantitative estimate of drug-likeness (QED) is 0.617. The maximum absolute atomic E-state index is 10.8. The van der Waals surface area contributed by atoms with Crippen molar-refractivity contribution in [2.24, 2.45) is 5.73 Å². The van der Waals surface area contributed by atoms with Crippen molar-refractivity contribution in [1.29, 1.82) is 0 Å². The van der Waals surface area contributed by atoms with Gasteiger partial charge in [0.2, 0.25) is 0 Å². The van der Waals surface area contributed by atoms with Crippen LogP contribution in [0.4, 0.5) is 0 Å². The van der Waals surface area contributed by atoms with E-state index in [0.29, 0.717) is 18.6 Å². The summed E-state index contributed by atoms with van der Waals surface area (Å²) in [6.07, 6.45) is 2.27. The third-order valence-corrected chi connectivity index (χ3v) is 4.35. The minimum absolute atomic E-state index is 0.163. The van der Waals surface area contributed by atoms with Gasteiger partial charge in [-0.3, -0.25) is 4.79 Å². The number of aliphatic carboxylic acids is 1. The number of hydrogen-bond acceptors (Lipinski definition) is 5. The summed E-state index contributed by atoms with van der Waals surface area (Å²) < 4.78 is 21.6. The van der Waals surface area contributed by atoms with Gasteiger partial charge in [-0.05, 0) is 25.5 Å². The average Bonchev–Trinajstić information content (AvgIpc) is 2.09. The first-order chi connectivity index (χ1) is 7.15. The molecule has 0 heterocycles. The molecule has 0 aromatic rings. The van der Waals surface area contributed by atoms with E-state index < -0.39 is 21.3 Å². The Hall–Kier alpha value is -0.270. The Kier molecular flexibility index (Phi) is 6.35. The summed E-state index contributed by atoms with van der Waals surface area (Å²) in [6.45, 7) is 1.48. The standard InChI is InChI=1S/C9H19NO4S2/c1-9(10,8(11)12)4-3-5-15-6-7-16(2,13)14/h3-7,10H2,1-2H3,(H,11,12). The summed E-state index contributed by atoms with van der Waals surface area (Å²) >= 11 is 1.50. The number of sulfone groups is 1. The zero-order chi connectivity index (χ0) is 12.8. The first-order valence-corrected chi connectivity index (χ1v) is 8.14. The van der Waals surface area contributed by atoms with Crippen molar-refractivity contribution in [2.45, 2.75) is 25.3 Å². The van der Waals surface area contributed by atoms with Gasteiger partial charge in [0.25, 0.3) is 0 Å². The lowest BCUT2D eigenvalue weighted by molar-refractivity contribution is -0.142. The van der Waals surface area contributed by atoms with Gasteiger partial charge in [-0.25, -0.2) is 8.42 Å². The van der Waals surface area contributed by atoms with Gasteiger partial charge in [-0.2, -0.15) is 11.8 Å². The Bertz CT molecular complexity index is 324. The normalized spacial score (nSPS) is 15.7. The van der Waals surface area contributed by atoms with Gasteiger partial charge in [-0.1, -0.05) is 0 Å². The molecule has 0 spiro atoms. The summed E-state index contributed by atoms with van der Waals surface area (Å²) in [4.78, 5) is 10.7. The summed E-state index contributed by atoms with van der Waals surface area (Å²) in [5.74, 6) is 0.438. The van der Waals surface area contributed by atoms with Crippen LogP contribution in [0, 0.1) is 0 Å². The first kappa shape index (κ1) is 15.7. The molecule has 0 bridgehead atoms.